The predicted octanol–water partition coefficient (Wildman–Crippen LogP) is 4.08. The first-order valence-corrected chi connectivity index (χ1v) is 11.5. The number of hydrogen-bond donors (Lipinski definition) is 0. The van der Waals surface area contributed by atoms with Gasteiger partial charge in [-0.3, -0.25) is 4.79 Å². The lowest BCUT2D eigenvalue weighted by Gasteiger charge is -2.30. The fourth-order valence-corrected chi connectivity index (χ4v) is 8.05. The van der Waals surface area contributed by atoms with Crippen LogP contribution in [0.3, 0.4) is 0 Å². The second-order valence-corrected chi connectivity index (χ2v) is 10.2. The highest BCUT2D eigenvalue weighted by molar-refractivity contribution is 7.96. The Morgan fingerprint density at radius 2 is 0.933 bits per heavy atom. The van der Waals surface area contributed by atoms with Crippen molar-refractivity contribution in [2.75, 3.05) is 0 Å². The molecule has 0 aliphatic carbocycles. The third-order valence-electron chi connectivity index (χ3n) is 5.13. The molecule has 30 heavy (non-hydrogen) atoms. The minimum absolute atomic E-state index is 0.149. The summed E-state index contributed by atoms with van der Waals surface area (Å²) in [7, 11) is 0. The molecule has 144 valence electrons. The van der Waals surface area contributed by atoms with Crippen LogP contribution in [0.25, 0.3) is 0 Å². The Labute approximate surface area is 176 Å². The molecule has 3 heteroatoms. The number of benzene rings is 3. The minimum atomic E-state index is -2.59. The van der Waals surface area contributed by atoms with Gasteiger partial charge in [-0.15, -0.1) is 0 Å². The Bertz CT molecular complexity index is 1200. The molecule has 0 heterocycles. The van der Waals surface area contributed by atoms with Crippen molar-refractivity contribution in [2.45, 2.75) is 0 Å². The summed E-state index contributed by atoms with van der Waals surface area (Å²) >= 11 is 0. The fraction of sp³-hybridized carbons (Fsp3) is 0. The lowest BCUT2D eigenvalue weighted by Crippen LogP contribution is -2.31. The van der Waals surface area contributed by atoms with Crippen LogP contribution in [0.4, 0.5) is 0 Å². The molecule has 0 fully saturated rings. The van der Waals surface area contributed by atoms with Crippen LogP contribution in [0.5, 0.6) is 0 Å². The molecule has 4 rings (SSSR count). The van der Waals surface area contributed by atoms with Crippen molar-refractivity contribution < 1.29 is 0 Å². The van der Waals surface area contributed by atoms with Crippen molar-refractivity contribution in [2.24, 2.45) is 0 Å². The maximum atomic E-state index is 13.0. The van der Waals surface area contributed by atoms with Crippen molar-refractivity contribution >= 4 is 28.1 Å². The minimum Gasteiger partial charge on any atom is -0.289 e. The summed E-state index contributed by atoms with van der Waals surface area (Å²) in [5, 5.41) is 14.2. The van der Waals surface area contributed by atoms with Gasteiger partial charge >= 0.3 is 0 Å². The molecule has 4 aromatic rings. The first kappa shape index (κ1) is 19.6. The average molecular weight is 405 g/mol. The van der Waals surface area contributed by atoms with E-state index < -0.39 is 6.89 Å². The van der Waals surface area contributed by atoms with Gasteiger partial charge in [0.2, 0.25) is 0 Å². The molecule has 0 unspecified atom stereocenters. The second kappa shape index (κ2) is 8.78. The zero-order chi connectivity index (χ0) is 20.8. The van der Waals surface area contributed by atoms with E-state index in [1.54, 1.807) is 12.1 Å². The molecule has 0 saturated carbocycles. The molecule has 0 spiro atoms. The summed E-state index contributed by atoms with van der Waals surface area (Å²) in [5.74, 6) is 0. The number of hydrogen-bond acceptors (Lipinski definition) is 2. The average Bonchev–Trinajstić information content (AvgIpc) is 3.03. The van der Waals surface area contributed by atoms with E-state index >= 15 is 0 Å². The van der Waals surface area contributed by atoms with Gasteiger partial charge in [0.05, 0.1) is 5.29 Å². The van der Waals surface area contributed by atoms with Gasteiger partial charge in [-0.1, -0.05) is 109 Å². The second-order valence-electron chi connectivity index (χ2n) is 6.83. The molecule has 0 radical (unpaired) electrons. The molecule has 0 saturated heterocycles. The molecular formula is C27H20NOP. The van der Waals surface area contributed by atoms with Gasteiger partial charge in [0.25, 0.3) is 0 Å². The maximum absolute atomic E-state index is 13.0. The van der Waals surface area contributed by atoms with E-state index in [0.717, 1.165) is 15.9 Å². The Morgan fingerprint density at radius 3 is 1.33 bits per heavy atom. The third-order valence-corrected chi connectivity index (χ3v) is 9.36. The summed E-state index contributed by atoms with van der Waals surface area (Å²) < 4.78 is 0. The highest BCUT2D eigenvalue weighted by Gasteiger charge is 2.31. The normalized spacial score (nSPS) is 10.8. The standard InChI is InChI=1S/C27H20NOP/c28-21-27(25-19-11-4-12-20-26(25)29)30(22-13-5-1-6-14-22,23-15-7-2-8-16-23)24-17-9-3-10-18-24/h1-20H. The van der Waals surface area contributed by atoms with Gasteiger partial charge in [0.15, 0.2) is 5.43 Å². The predicted molar refractivity (Wildman–Crippen MR) is 128 cm³/mol. The van der Waals surface area contributed by atoms with Crippen molar-refractivity contribution in [3.05, 3.63) is 137 Å². The van der Waals surface area contributed by atoms with Gasteiger partial charge < -0.3 is 0 Å². The van der Waals surface area contributed by atoms with E-state index in [1.807, 2.05) is 66.7 Å². The number of rotatable bonds is 4. The lowest BCUT2D eigenvalue weighted by atomic mass is 10.2. The van der Waals surface area contributed by atoms with Gasteiger partial charge in [0.1, 0.15) is 6.07 Å². The van der Waals surface area contributed by atoms with Gasteiger partial charge in [0, 0.05) is 5.56 Å². The van der Waals surface area contributed by atoms with E-state index in [0.29, 0.717) is 10.9 Å². The Balaban J connectivity index is 2.33. The van der Waals surface area contributed by atoms with Crippen LogP contribution in [0.1, 0.15) is 5.56 Å². The first-order valence-electron chi connectivity index (χ1n) is 9.71. The van der Waals surface area contributed by atoms with E-state index in [4.69, 9.17) is 0 Å². The quantitative estimate of drug-likeness (QED) is 0.480. The molecule has 0 bridgehead atoms. The largest absolute Gasteiger partial charge is 0.289 e. The van der Waals surface area contributed by atoms with Crippen LogP contribution < -0.4 is 21.3 Å². The highest BCUT2D eigenvalue weighted by atomic mass is 31.2. The van der Waals surface area contributed by atoms with E-state index in [1.165, 1.54) is 6.07 Å². The maximum Gasteiger partial charge on any atom is 0.187 e. The molecule has 0 N–H and O–H groups in total. The van der Waals surface area contributed by atoms with Crippen LogP contribution in [-0.4, -0.2) is 5.29 Å². The molecule has 0 aliphatic rings. The van der Waals surface area contributed by atoms with Crippen LogP contribution in [-0.2, 0) is 0 Å². The van der Waals surface area contributed by atoms with Gasteiger partial charge in [-0.05, 0) is 34.9 Å². The molecule has 0 aromatic heterocycles. The Morgan fingerprint density at radius 1 is 0.567 bits per heavy atom. The lowest BCUT2D eigenvalue weighted by molar-refractivity contribution is 1.54. The molecule has 4 aromatic carbocycles. The zero-order valence-electron chi connectivity index (χ0n) is 16.3. The van der Waals surface area contributed by atoms with Crippen molar-refractivity contribution in [3.63, 3.8) is 0 Å². The van der Waals surface area contributed by atoms with Crippen LogP contribution in [0.15, 0.2) is 126 Å². The first-order chi connectivity index (χ1) is 14.8. The SMILES string of the molecule is N#CC(c1cccccc1=O)=P(c1ccccc1)(c1ccccc1)c1ccccc1. The van der Waals surface area contributed by atoms with Crippen molar-refractivity contribution in [1.29, 1.82) is 5.26 Å². The van der Waals surface area contributed by atoms with E-state index in [-0.39, 0.29) is 5.43 Å². The molecule has 0 amide bonds. The third kappa shape index (κ3) is 3.41. The summed E-state index contributed by atoms with van der Waals surface area (Å²) in [6.45, 7) is -2.59. The molecule has 0 atom stereocenters. The molecule has 2 nitrogen and oxygen atoms in total. The Hall–Kier alpha value is -3.66. The van der Waals surface area contributed by atoms with E-state index in [2.05, 4.69) is 42.5 Å². The summed E-state index contributed by atoms with van der Waals surface area (Å²) in [5.41, 5.74) is 0.302. The van der Waals surface area contributed by atoms with Crippen molar-refractivity contribution in [1.82, 2.24) is 0 Å². The zero-order valence-corrected chi connectivity index (χ0v) is 17.2. The van der Waals surface area contributed by atoms with Crippen LogP contribution in [0.2, 0.25) is 0 Å². The topological polar surface area (TPSA) is 40.9 Å². The number of nitrogens with zero attached hydrogens (tertiary/aromatic N) is 1. The van der Waals surface area contributed by atoms with Gasteiger partial charge in [-0.2, -0.15) is 5.26 Å². The monoisotopic (exact) mass is 405 g/mol. The molecular weight excluding hydrogens is 385 g/mol. The van der Waals surface area contributed by atoms with Crippen LogP contribution >= 0.6 is 6.89 Å². The van der Waals surface area contributed by atoms with E-state index in [9.17, 15) is 10.1 Å². The smallest absolute Gasteiger partial charge is 0.187 e. The Kier molecular flexibility index (Phi) is 5.75. The summed E-state index contributed by atoms with van der Waals surface area (Å²) in [6, 6.07) is 41.4. The van der Waals surface area contributed by atoms with Gasteiger partial charge in [-0.25, -0.2) is 0 Å². The molecule has 0 aliphatic heterocycles. The summed E-state index contributed by atoms with van der Waals surface area (Å²) in [4.78, 5) is 13.0. The van der Waals surface area contributed by atoms with Crippen LogP contribution in [0, 0.1) is 11.3 Å². The van der Waals surface area contributed by atoms with Crippen molar-refractivity contribution in [3.8, 4) is 6.07 Å². The fourth-order valence-electron chi connectivity index (χ4n) is 3.83. The number of nitriles is 1. The highest BCUT2D eigenvalue weighted by Crippen LogP contribution is 2.47. The summed E-state index contributed by atoms with van der Waals surface area (Å²) in [6.07, 6.45) is 0.